The highest BCUT2D eigenvalue weighted by atomic mass is 16.6. The summed E-state index contributed by atoms with van der Waals surface area (Å²) in [5, 5.41) is 19.6. The first kappa shape index (κ1) is 22.1. The van der Waals surface area contributed by atoms with Crippen LogP contribution >= 0.6 is 0 Å². The summed E-state index contributed by atoms with van der Waals surface area (Å²) in [6.07, 6.45) is 14.4. The molecular formula is C19H40NO3+. The first-order valence-corrected chi connectivity index (χ1v) is 9.54. The van der Waals surface area contributed by atoms with Crippen LogP contribution in [-0.4, -0.2) is 41.9 Å². The summed E-state index contributed by atoms with van der Waals surface area (Å²) < 4.78 is 5.23. The number of rotatable bonds is 15. The van der Waals surface area contributed by atoms with Crippen LogP contribution in [0.1, 0.15) is 84.5 Å². The smallest absolute Gasteiger partial charge is 0.382 e. The number of unbranched alkanes of at least 4 members (excludes halogenated alkanes) is 10. The molecule has 0 atom stereocenters. The molecule has 4 nitrogen and oxygen atoms in total. The second-order valence-corrected chi connectivity index (χ2v) is 7.01. The van der Waals surface area contributed by atoms with Gasteiger partial charge in [-0.05, 0) is 19.8 Å². The summed E-state index contributed by atoms with van der Waals surface area (Å²) >= 11 is 0. The molecule has 0 fully saturated rings. The number of aliphatic hydroxyl groups is 2. The summed E-state index contributed by atoms with van der Waals surface area (Å²) in [4.78, 5) is 0. The zero-order valence-corrected chi connectivity index (χ0v) is 15.9. The van der Waals surface area contributed by atoms with E-state index in [1.54, 1.807) is 6.92 Å². The first-order chi connectivity index (χ1) is 11.0. The normalized spacial score (nSPS) is 13.0. The van der Waals surface area contributed by atoms with Gasteiger partial charge in [0.05, 0.1) is 27.2 Å². The molecule has 0 aliphatic heterocycles. The summed E-state index contributed by atoms with van der Waals surface area (Å²) in [5.41, 5.74) is 0. The number of hydrogen-bond acceptors (Lipinski definition) is 3. The molecule has 4 heteroatoms. The average Bonchev–Trinajstić information content (AvgIpc) is 2.52. The van der Waals surface area contributed by atoms with Crippen molar-refractivity contribution in [2.45, 2.75) is 84.5 Å². The summed E-state index contributed by atoms with van der Waals surface area (Å²) in [6, 6.07) is 0. The third kappa shape index (κ3) is 11.3. The van der Waals surface area contributed by atoms with Gasteiger partial charge in [0.25, 0.3) is 0 Å². The van der Waals surface area contributed by atoms with Gasteiger partial charge in [0.15, 0.2) is 0 Å². The van der Waals surface area contributed by atoms with Crippen LogP contribution < -0.4 is 0 Å². The van der Waals surface area contributed by atoms with E-state index in [1.807, 2.05) is 14.1 Å². The van der Waals surface area contributed by atoms with Crippen LogP contribution in [0.5, 0.6) is 0 Å². The van der Waals surface area contributed by atoms with E-state index >= 15 is 0 Å². The Kier molecular flexibility index (Phi) is 13.0. The fourth-order valence-electron chi connectivity index (χ4n) is 2.74. The number of hydrogen-bond donors (Lipinski definition) is 2. The second kappa shape index (κ2) is 13.5. The highest BCUT2D eigenvalue weighted by Crippen LogP contribution is 2.16. The minimum atomic E-state index is -0.347. The highest BCUT2D eigenvalue weighted by molar-refractivity contribution is 4.81. The Labute approximate surface area is 143 Å². The molecular weight excluding hydrogens is 290 g/mol. The van der Waals surface area contributed by atoms with Gasteiger partial charge in [0, 0.05) is 0 Å². The van der Waals surface area contributed by atoms with Crippen LogP contribution in [0, 0.1) is 0 Å². The largest absolute Gasteiger partial charge is 0.474 e. The molecule has 0 amide bonds. The maximum absolute atomic E-state index is 10.0. The van der Waals surface area contributed by atoms with Crippen molar-refractivity contribution < 1.29 is 19.4 Å². The van der Waals surface area contributed by atoms with Gasteiger partial charge in [-0.2, -0.15) is 0 Å². The van der Waals surface area contributed by atoms with Crippen molar-refractivity contribution in [2.75, 3.05) is 27.2 Å². The van der Waals surface area contributed by atoms with Gasteiger partial charge >= 0.3 is 11.8 Å². The summed E-state index contributed by atoms with van der Waals surface area (Å²) in [6.45, 7) is 5.20. The van der Waals surface area contributed by atoms with Gasteiger partial charge < -0.3 is 14.9 Å². The molecule has 0 saturated heterocycles. The molecule has 0 bridgehead atoms. The monoisotopic (exact) mass is 330 g/mol. The number of aliphatic hydroxyl groups excluding tert-OH is 2. The molecule has 0 aliphatic rings. The van der Waals surface area contributed by atoms with Crippen LogP contribution in [-0.2, 0) is 4.74 Å². The second-order valence-electron chi connectivity index (χ2n) is 7.01. The molecule has 0 spiro atoms. The zero-order chi connectivity index (χ0) is 17.6. The average molecular weight is 331 g/mol. The molecule has 0 aliphatic carbocycles. The minimum Gasteiger partial charge on any atom is -0.474 e. The number of nitrogens with zero attached hydrogens (tertiary/aromatic N) is 1. The van der Waals surface area contributed by atoms with E-state index in [4.69, 9.17) is 4.74 Å². The van der Waals surface area contributed by atoms with E-state index in [-0.39, 0.29) is 16.3 Å². The van der Waals surface area contributed by atoms with Crippen LogP contribution in [0.2, 0.25) is 0 Å². The number of quaternary nitrogens is 1. The molecule has 0 saturated carbocycles. The fourth-order valence-corrected chi connectivity index (χ4v) is 2.74. The third-order valence-electron chi connectivity index (χ3n) is 4.37. The molecule has 0 aromatic carbocycles. The van der Waals surface area contributed by atoms with E-state index < -0.39 is 0 Å². The van der Waals surface area contributed by atoms with Crippen molar-refractivity contribution in [1.29, 1.82) is 0 Å². The van der Waals surface area contributed by atoms with Crippen molar-refractivity contribution in [3.8, 4) is 0 Å². The molecule has 0 rings (SSSR count). The van der Waals surface area contributed by atoms with Gasteiger partial charge in [0.1, 0.15) is 0 Å². The summed E-state index contributed by atoms with van der Waals surface area (Å²) in [7, 11) is 3.78. The quantitative estimate of drug-likeness (QED) is 0.232. The molecule has 0 aromatic rings. The summed E-state index contributed by atoms with van der Waals surface area (Å²) in [5.74, 6) is -0.431. The maximum Gasteiger partial charge on any atom is 0.382 e. The molecule has 138 valence electrons. The number of ether oxygens (including phenoxy) is 1. The van der Waals surface area contributed by atoms with Gasteiger partial charge in [-0.3, -0.25) is 4.48 Å². The molecule has 23 heavy (non-hydrogen) atoms. The van der Waals surface area contributed by atoms with E-state index in [0.29, 0.717) is 6.61 Å². The Hall–Kier alpha value is -0.900. The standard InChI is InChI=1S/C19H39NO3/c1-5-7-8-9-10-11-12-13-14-15-16-17-20(3,4)18(21)19(22)23-6-2/h5-17H2,1-4H3,(H-,21,22)/p+1. The first-order valence-electron chi connectivity index (χ1n) is 9.54. The van der Waals surface area contributed by atoms with Gasteiger partial charge in [-0.15, -0.1) is 0 Å². The zero-order valence-electron chi connectivity index (χ0n) is 15.9. The van der Waals surface area contributed by atoms with E-state index in [0.717, 1.165) is 13.0 Å². The molecule has 0 radical (unpaired) electrons. The van der Waals surface area contributed by atoms with Gasteiger partial charge in [-0.1, -0.05) is 64.7 Å². The predicted molar refractivity (Wildman–Crippen MR) is 97.3 cm³/mol. The Morgan fingerprint density at radius 1 is 0.739 bits per heavy atom. The minimum absolute atomic E-state index is 0.0843. The Bertz CT molecular complexity index is 314. The van der Waals surface area contributed by atoms with Crippen molar-refractivity contribution >= 4 is 0 Å². The van der Waals surface area contributed by atoms with E-state index in [9.17, 15) is 10.2 Å². The van der Waals surface area contributed by atoms with Crippen LogP contribution in [0.25, 0.3) is 0 Å². The predicted octanol–water partition coefficient (Wildman–Crippen LogP) is 5.65. The van der Waals surface area contributed by atoms with E-state index in [1.165, 1.54) is 64.2 Å². The maximum atomic E-state index is 10.0. The lowest BCUT2D eigenvalue weighted by molar-refractivity contribution is -0.869. The Morgan fingerprint density at radius 3 is 1.61 bits per heavy atom. The van der Waals surface area contributed by atoms with Crippen molar-refractivity contribution in [3.63, 3.8) is 0 Å². The topological polar surface area (TPSA) is 49.7 Å². The lowest BCUT2D eigenvalue weighted by atomic mass is 10.1. The Balaban J connectivity index is 3.65. The lowest BCUT2D eigenvalue weighted by Gasteiger charge is -2.27. The lowest BCUT2D eigenvalue weighted by Crippen LogP contribution is -2.40. The van der Waals surface area contributed by atoms with Crippen molar-refractivity contribution in [1.82, 2.24) is 0 Å². The molecule has 0 unspecified atom stereocenters. The molecule has 0 aromatic heterocycles. The third-order valence-corrected chi connectivity index (χ3v) is 4.37. The highest BCUT2D eigenvalue weighted by Gasteiger charge is 2.26. The van der Waals surface area contributed by atoms with Crippen LogP contribution in [0.4, 0.5) is 0 Å². The van der Waals surface area contributed by atoms with Crippen molar-refractivity contribution in [3.05, 3.63) is 11.8 Å². The van der Waals surface area contributed by atoms with Crippen LogP contribution in [0.15, 0.2) is 11.8 Å². The van der Waals surface area contributed by atoms with Crippen LogP contribution in [0.3, 0.4) is 0 Å². The van der Waals surface area contributed by atoms with Gasteiger partial charge in [0.2, 0.25) is 0 Å². The van der Waals surface area contributed by atoms with E-state index in [2.05, 4.69) is 6.92 Å². The fraction of sp³-hybridized carbons (Fsp3) is 0.895. The molecule has 2 N–H and O–H groups in total. The van der Waals surface area contributed by atoms with Gasteiger partial charge in [-0.25, -0.2) is 0 Å². The SMILES string of the molecule is CCCCCCCCCCCCC[N+](C)(C)C(O)=C(O)OCC. The molecule has 0 heterocycles. The van der Waals surface area contributed by atoms with Crippen molar-refractivity contribution in [2.24, 2.45) is 0 Å². The Morgan fingerprint density at radius 2 is 1.17 bits per heavy atom.